The molecule has 0 saturated carbocycles. The van der Waals surface area contributed by atoms with Crippen molar-refractivity contribution in [3.63, 3.8) is 0 Å². The zero-order chi connectivity index (χ0) is 23.2. The number of aromatic nitrogens is 1. The molecule has 0 aliphatic heterocycles. The van der Waals surface area contributed by atoms with Crippen LogP contribution in [0.25, 0.3) is 22.2 Å². The predicted molar refractivity (Wildman–Crippen MR) is 134 cm³/mol. The fourth-order valence-electron chi connectivity index (χ4n) is 3.60. The van der Waals surface area contributed by atoms with Gasteiger partial charge in [0.1, 0.15) is 11.3 Å². The third kappa shape index (κ3) is 5.30. The molecule has 6 nitrogen and oxygen atoms in total. The van der Waals surface area contributed by atoms with E-state index in [0.29, 0.717) is 12.1 Å². The first-order chi connectivity index (χ1) is 16.0. The predicted octanol–water partition coefficient (Wildman–Crippen LogP) is 4.95. The number of carbonyl (C=O) groups excluding carboxylic acids is 1. The van der Waals surface area contributed by atoms with Gasteiger partial charge in [-0.3, -0.25) is 4.79 Å². The highest BCUT2D eigenvalue weighted by Gasteiger charge is 2.12. The van der Waals surface area contributed by atoms with E-state index in [9.17, 15) is 4.79 Å². The molecular formula is C27H28N4O2. The maximum Gasteiger partial charge on any atom is 0.251 e. The average Bonchev–Trinajstić information content (AvgIpc) is 2.84. The first kappa shape index (κ1) is 22.3. The number of benzene rings is 3. The number of pyridine rings is 1. The van der Waals surface area contributed by atoms with Gasteiger partial charge in [0.05, 0.1) is 18.5 Å². The number of methoxy groups -OCH3 is 1. The van der Waals surface area contributed by atoms with Crippen LogP contribution in [0.4, 0.5) is 11.4 Å². The number of para-hydroxylation sites is 1. The summed E-state index contributed by atoms with van der Waals surface area (Å²) in [5, 5.41) is 7.40. The molecule has 2 N–H and O–H groups in total. The molecule has 1 amide bonds. The lowest BCUT2D eigenvalue weighted by atomic mass is 10.1. The van der Waals surface area contributed by atoms with Gasteiger partial charge in [-0.05, 0) is 50.5 Å². The van der Waals surface area contributed by atoms with Gasteiger partial charge in [0.15, 0.2) is 0 Å². The van der Waals surface area contributed by atoms with Crippen molar-refractivity contribution in [1.29, 1.82) is 0 Å². The summed E-state index contributed by atoms with van der Waals surface area (Å²) in [7, 11) is 5.61. The molecule has 0 fully saturated rings. The van der Waals surface area contributed by atoms with E-state index < -0.39 is 0 Å². The molecule has 3 aromatic carbocycles. The number of amides is 1. The van der Waals surface area contributed by atoms with Gasteiger partial charge in [-0.1, -0.05) is 42.5 Å². The zero-order valence-electron chi connectivity index (χ0n) is 19.1. The highest BCUT2D eigenvalue weighted by molar-refractivity contribution is 5.99. The summed E-state index contributed by atoms with van der Waals surface area (Å²) in [4.78, 5) is 19.3. The van der Waals surface area contributed by atoms with Crippen molar-refractivity contribution in [2.24, 2.45) is 0 Å². The Kier molecular flexibility index (Phi) is 6.86. The number of likely N-dealkylation sites (N-methyl/N-ethyl adjacent to an activating group) is 1. The highest BCUT2D eigenvalue weighted by Crippen LogP contribution is 2.34. The van der Waals surface area contributed by atoms with E-state index in [0.717, 1.165) is 45.8 Å². The van der Waals surface area contributed by atoms with E-state index in [1.54, 1.807) is 7.11 Å². The molecule has 6 heteroatoms. The van der Waals surface area contributed by atoms with Crippen molar-refractivity contribution in [3.05, 3.63) is 84.4 Å². The number of hydrogen-bond donors (Lipinski definition) is 2. The largest absolute Gasteiger partial charge is 0.494 e. The summed E-state index contributed by atoms with van der Waals surface area (Å²) < 4.78 is 5.57. The minimum Gasteiger partial charge on any atom is -0.494 e. The molecule has 0 aliphatic rings. The monoisotopic (exact) mass is 440 g/mol. The Morgan fingerprint density at radius 3 is 2.42 bits per heavy atom. The smallest absolute Gasteiger partial charge is 0.251 e. The van der Waals surface area contributed by atoms with Gasteiger partial charge in [0, 0.05) is 35.3 Å². The second kappa shape index (κ2) is 10.1. The van der Waals surface area contributed by atoms with Crippen LogP contribution in [0.5, 0.6) is 5.75 Å². The van der Waals surface area contributed by atoms with Crippen LogP contribution >= 0.6 is 0 Å². The minimum absolute atomic E-state index is 0.0751. The van der Waals surface area contributed by atoms with Gasteiger partial charge in [-0.15, -0.1) is 0 Å². The summed E-state index contributed by atoms with van der Waals surface area (Å²) in [6.07, 6.45) is 0. The van der Waals surface area contributed by atoms with Gasteiger partial charge in [-0.2, -0.15) is 0 Å². The van der Waals surface area contributed by atoms with Crippen molar-refractivity contribution in [1.82, 2.24) is 15.2 Å². The molecule has 1 heterocycles. The molecule has 0 radical (unpaired) electrons. The number of rotatable bonds is 8. The summed E-state index contributed by atoms with van der Waals surface area (Å²) >= 11 is 0. The quantitative estimate of drug-likeness (QED) is 0.406. The second-order valence-electron chi connectivity index (χ2n) is 8.04. The maximum absolute atomic E-state index is 12.4. The van der Waals surface area contributed by atoms with Crippen molar-refractivity contribution < 1.29 is 9.53 Å². The van der Waals surface area contributed by atoms with Gasteiger partial charge in [-0.25, -0.2) is 4.98 Å². The second-order valence-corrected chi connectivity index (χ2v) is 8.04. The van der Waals surface area contributed by atoms with E-state index in [4.69, 9.17) is 9.72 Å². The Hall–Kier alpha value is -3.90. The average molecular weight is 441 g/mol. The highest BCUT2D eigenvalue weighted by atomic mass is 16.5. The Morgan fingerprint density at radius 1 is 0.970 bits per heavy atom. The minimum atomic E-state index is -0.0751. The molecule has 0 unspecified atom stereocenters. The summed E-state index contributed by atoms with van der Waals surface area (Å²) in [5.41, 5.74) is 5.10. The lowest BCUT2D eigenvalue weighted by Gasteiger charge is -2.14. The van der Waals surface area contributed by atoms with Crippen molar-refractivity contribution in [2.45, 2.75) is 0 Å². The Labute approximate surface area is 194 Å². The van der Waals surface area contributed by atoms with Crippen LogP contribution in [0.2, 0.25) is 0 Å². The molecule has 0 saturated heterocycles. The van der Waals surface area contributed by atoms with Crippen LogP contribution in [0, 0.1) is 0 Å². The van der Waals surface area contributed by atoms with Gasteiger partial charge >= 0.3 is 0 Å². The number of ether oxygens (including phenoxy) is 1. The maximum atomic E-state index is 12.4. The topological polar surface area (TPSA) is 66.5 Å². The SMILES string of the molecule is COc1cccc2c(Nc3ccc(C(=O)NCCN(C)C)cc3)cc(-c3ccccc3)nc12. The Balaban J connectivity index is 1.63. The van der Waals surface area contributed by atoms with E-state index in [2.05, 4.69) is 10.6 Å². The van der Waals surface area contributed by atoms with Crippen molar-refractivity contribution in [3.8, 4) is 17.0 Å². The van der Waals surface area contributed by atoms with E-state index >= 15 is 0 Å². The summed E-state index contributed by atoms with van der Waals surface area (Å²) in [6, 6.07) is 25.5. The first-order valence-electron chi connectivity index (χ1n) is 10.9. The first-order valence-corrected chi connectivity index (χ1v) is 10.9. The zero-order valence-corrected chi connectivity index (χ0v) is 19.1. The van der Waals surface area contributed by atoms with Gasteiger partial charge in [0.25, 0.3) is 5.91 Å². The third-order valence-electron chi connectivity index (χ3n) is 5.36. The number of nitrogens with one attached hydrogen (secondary N) is 2. The molecule has 0 atom stereocenters. The number of nitrogens with zero attached hydrogens (tertiary/aromatic N) is 2. The van der Waals surface area contributed by atoms with Gasteiger partial charge < -0.3 is 20.3 Å². The third-order valence-corrected chi connectivity index (χ3v) is 5.36. The molecule has 4 aromatic rings. The van der Waals surface area contributed by atoms with Crippen LogP contribution in [-0.2, 0) is 0 Å². The molecular weight excluding hydrogens is 412 g/mol. The van der Waals surface area contributed by atoms with E-state index in [-0.39, 0.29) is 5.91 Å². The normalized spacial score (nSPS) is 10.9. The number of hydrogen-bond acceptors (Lipinski definition) is 5. The standard InChI is InChI=1S/C27H28N4O2/c1-31(2)17-16-28-27(32)20-12-14-21(15-13-20)29-24-18-23(19-8-5-4-6-9-19)30-26-22(24)10-7-11-25(26)33-3/h4-15,18H,16-17H2,1-3H3,(H,28,32)(H,29,30). The molecule has 0 bridgehead atoms. The van der Waals surface area contributed by atoms with Crippen LogP contribution < -0.4 is 15.4 Å². The van der Waals surface area contributed by atoms with Crippen LogP contribution in [-0.4, -0.2) is 50.1 Å². The molecule has 33 heavy (non-hydrogen) atoms. The lowest BCUT2D eigenvalue weighted by molar-refractivity contribution is 0.0951. The molecule has 4 rings (SSSR count). The number of carbonyl (C=O) groups is 1. The van der Waals surface area contributed by atoms with Crippen molar-refractivity contribution >= 4 is 28.2 Å². The van der Waals surface area contributed by atoms with Crippen LogP contribution in [0.1, 0.15) is 10.4 Å². The number of anilines is 2. The van der Waals surface area contributed by atoms with Crippen LogP contribution in [0.3, 0.4) is 0 Å². The number of fused-ring (bicyclic) bond motifs is 1. The fraction of sp³-hybridized carbons (Fsp3) is 0.185. The summed E-state index contributed by atoms with van der Waals surface area (Å²) in [5.74, 6) is 0.645. The van der Waals surface area contributed by atoms with Crippen LogP contribution in [0.15, 0.2) is 78.9 Å². The summed E-state index contributed by atoms with van der Waals surface area (Å²) in [6.45, 7) is 1.41. The Bertz CT molecular complexity index is 1240. The molecule has 0 spiro atoms. The molecule has 1 aromatic heterocycles. The van der Waals surface area contributed by atoms with E-state index in [1.807, 2.05) is 97.9 Å². The van der Waals surface area contributed by atoms with E-state index in [1.165, 1.54) is 0 Å². The lowest BCUT2D eigenvalue weighted by Crippen LogP contribution is -2.31. The fourth-order valence-corrected chi connectivity index (χ4v) is 3.60. The van der Waals surface area contributed by atoms with Crippen molar-refractivity contribution in [2.75, 3.05) is 39.6 Å². The molecule has 0 aliphatic carbocycles. The molecule has 168 valence electrons. The van der Waals surface area contributed by atoms with Gasteiger partial charge in [0.2, 0.25) is 0 Å². The Morgan fingerprint density at radius 2 is 1.73 bits per heavy atom.